The van der Waals surface area contributed by atoms with Crippen molar-refractivity contribution in [1.29, 1.82) is 0 Å². The Kier molecular flexibility index (Phi) is 6.74. The Balaban J connectivity index is 1.60. The van der Waals surface area contributed by atoms with Gasteiger partial charge in [0.25, 0.3) is 11.7 Å². The molecule has 1 aliphatic rings. The topological polar surface area (TPSA) is 92.0 Å². The molecule has 2 heterocycles. The van der Waals surface area contributed by atoms with E-state index in [1.807, 2.05) is 48.5 Å². The normalized spacial score (nSPS) is 16.9. The van der Waals surface area contributed by atoms with E-state index in [1.165, 1.54) is 18.3 Å². The van der Waals surface area contributed by atoms with Crippen LogP contribution in [0.1, 0.15) is 43.7 Å². The summed E-state index contributed by atoms with van der Waals surface area (Å²) in [6, 6.07) is 24.8. The molecule has 0 radical (unpaired) electrons. The molecule has 1 saturated heterocycles. The number of nitrogens with one attached hydrogen (secondary N) is 1. The van der Waals surface area contributed by atoms with E-state index < -0.39 is 17.7 Å². The molecule has 1 atom stereocenters. The highest BCUT2D eigenvalue weighted by Gasteiger charge is 2.48. The van der Waals surface area contributed by atoms with Gasteiger partial charge >= 0.3 is 0 Å². The van der Waals surface area contributed by atoms with E-state index in [2.05, 4.69) is 26.1 Å². The lowest BCUT2D eigenvalue weighted by molar-refractivity contribution is -0.132. The molecule has 1 unspecified atom stereocenters. The van der Waals surface area contributed by atoms with E-state index in [1.54, 1.807) is 36.4 Å². The third-order valence-corrected chi connectivity index (χ3v) is 6.79. The zero-order valence-corrected chi connectivity index (χ0v) is 22.3. The summed E-state index contributed by atoms with van der Waals surface area (Å²) in [7, 11) is 1.50. The van der Waals surface area contributed by atoms with Crippen molar-refractivity contribution in [2.24, 2.45) is 0 Å². The van der Waals surface area contributed by atoms with Gasteiger partial charge in [0, 0.05) is 17.1 Å². The number of ether oxygens (including phenoxy) is 1. The summed E-state index contributed by atoms with van der Waals surface area (Å²) >= 11 is 0. The van der Waals surface area contributed by atoms with Crippen LogP contribution < -0.4 is 15.0 Å². The number of aliphatic hydroxyl groups excluding tert-OH is 1. The first-order valence-corrected chi connectivity index (χ1v) is 12.6. The zero-order chi connectivity index (χ0) is 27.7. The number of ketones is 1. The quantitative estimate of drug-likeness (QED) is 0.162. The van der Waals surface area contributed by atoms with Gasteiger partial charge in [0.05, 0.1) is 24.5 Å². The minimum absolute atomic E-state index is 0.0641. The summed E-state index contributed by atoms with van der Waals surface area (Å²) in [5.41, 5.74) is 3.23. The first kappa shape index (κ1) is 25.9. The second kappa shape index (κ2) is 10.2. The molecule has 0 aliphatic carbocycles. The number of aliphatic hydroxyl groups is 1. The molecule has 198 valence electrons. The number of Topliss-reactive ketones (excluding diaryl/α,β-unsaturated/α-hetero) is 1. The van der Waals surface area contributed by atoms with Gasteiger partial charge in [-0.3, -0.25) is 14.5 Å². The summed E-state index contributed by atoms with van der Waals surface area (Å²) < 4.78 is 11.2. The minimum Gasteiger partial charge on any atom is -0.507 e. The Bertz CT molecular complexity index is 1530. The van der Waals surface area contributed by atoms with Gasteiger partial charge in [0.15, 0.2) is 0 Å². The largest absolute Gasteiger partial charge is 0.507 e. The van der Waals surface area contributed by atoms with Crippen molar-refractivity contribution in [3.63, 3.8) is 0 Å². The number of carbonyl (C=O) groups excluding carboxylic acids is 2. The lowest BCUT2D eigenvalue weighted by atomic mass is 9.85. The van der Waals surface area contributed by atoms with E-state index in [0.717, 1.165) is 16.9 Å². The van der Waals surface area contributed by atoms with Gasteiger partial charge in [-0.25, -0.2) is 0 Å². The zero-order valence-electron chi connectivity index (χ0n) is 22.3. The highest BCUT2D eigenvalue weighted by atomic mass is 16.5. The van der Waals surface area contributed by atoms with Crippen molar-refractivity contribution >= 4 is 34.5 Å². The average molecular weight is 523 g/mol. The first-order valence-electron chi connectivity index (χ1n) is 12.6. The highest BCUT2D eigenvalue weighted by Crippen LogP contribution is 2.44. The van der Waals surface area contributed by atoms with Crippen LogP contribution in [0.5, 0.6) is 5.75 Å². The van der Waals surface area contributed by atoms with Crippen molar-refractivity contribution in [3.05, 3.63) is 114 Å². The number of furan rings is 1. The molecule has 3 aromatic carbocycles. The molecule has 1 aromatic heterocycles. The number of anilines is 3. The highest BCUT2D eigenvalue weighted by molar-refractivity contribution is 6.51. The maximum atomic E-state index is 13.5. The number of hydrogen-bond acceptors (Lipinski definition) is 6. The van der Waals surface area contributed by atoms with Crippen molar-refractivity contribution < 1.29 is 23.8 Å². The molecule has 1 amide bonds. The van der Waals surface area contributed by atoms with Crippen LogP contribution in [0.4, 0.5) is 17.1 Å². The summed E-state index contributed by atoms with van der Waals surface area (Å²) in [5, 5.41) is 14.9. The van der Waals surface area contributed by atoms with Gasteiger partial charge in [-0.2, -0.15) is 0 Å². The summed E-state index contributed by atoms with van der Waals surface area (Å²) in [6.07, 6.45) is 1.48. The van der Waals surface area contributed by atoms with Gasteiger partial charge in [-0.1, -0.05) is 45.0 Å². The van der Waals surface area contributed by atoms with Gasteiger partial charge in [-0.05, 0) is 71.6 Å². The number of rotatable bonds is 6. The van der Waals surface area contributed by atoms with Crippen LogP contribution in [-0.2, 0) is 15.0 Å². The van der Waals surface area contributed by atoms with E-state index in [4.69, 9.17) is 9.15 Å². The van der Waals surface area contributed by atoms with Crippen LogP contribution >= 0.6 is 0 Å². The van der Waals surface area contributed by atoms with Gasteiger partial charge < -0.3 is 19.6 Å². The monoisotopic (exact) mass is 522 g/mol. The van der Waals surface area contributed by atoms with Gasteiger partial charge in [-0.15, -0.1) is 0 Å². The summed E-state index contributed by atoms with van der Waals surface area (Å²) in [6.45, 7) is 6.16. The molecule has 5 rings (SSSR count). The Labute approximate surface area is 227 Å². The SMILES string of the molecule is COc1ccc(C(C)(C)C)cc1/C(O)=C1\C(=O)C(=O)N(c2ccc(Nc3ccccc3)cc2)C1c1ccco1. The number of para-hydroxylation sites is 1. The number of benzene rings is 3. The Hall–Kier alpha value is -4.78. The molecule has 0 spiro atoms. The molecule has 1 fully saturated rings. The van der Waals surface area contributed by atoms with Crippen LogP contribution in [0.15, 0.2) is 101 Å². The van der Waals surface area contributed by atoms with E-state index in [9.17, 15) is 14.7 Å². The molecule has 1 aliphatic heterocycles. The maximum absolute atomic E-state index is 13.5. The van der Waals surface area contributed by atoms with E-state index >= 15 is 0 Å². The molecule has 4 aromatic rings. The van der Waals surface area contributed by atoms with Crippen molar-refractivity contribution in [3.8, 4) is 5.75 Å². The van der Waals surface area contributed by atoms with Crippen LogP contribution in [0, 0.1) is 0 Å². The van der Waals surface area contributed by atoms with Crippen LogP contribution in [0.25, 0.3) is 5.76 Å². The number of carbonyl (C=O) groups is 2. The molecule has 7 nitrogen and oxygen atoms in total. The number of nitrogens with zero attached hydrogens (tertiary/aromatic N) is 1. The predicted octanol–water partition coefficient (Wildman–Crippen LogP) is 6.96. The van der Waals surface area contributed by atoms with Crippen LogP contribution in [-0.4, -0.2) is 23.9 Å². The van der Waals surface area contributed by atoms with E-state index in [-0.39, 0.29) is 16.7 Å². The Morgan fingerprint density at radius 3 is 2.23 bits per heavy atom. The molecule has 39 heavy (non-hydrogen) atoms. The Morgan fingerprint density at radius 2 is 1.62 bits per heavy atom. The Morgan fingerprint density at radius 1 is 0.923 bits per heavy atom. The second-order valence-electron chi connectivity index (χ2n) is 10.4. The standard InChI is InChI=1S/C32H30N2O5/c1-32(2,3)20-12-17-25(38-4)24(19-20)29(35)27-28(26-11-8-18-39-26)34(31(37)30(27)36)23-15-13-22(14-16-23)33-21-9-6-5-7-10-21/h5-19,28,33,35H,1-4H3/b29-27+. The molecular formula is C32H30N2O5. The first-order chi connectivity index (χ1) is 18.7. The molecule has 7 heteroatoms. The molecular weight excluding hydrogens is 492 g/mol. The third kappa shape index (κ3) is 4.91. The van der Waals surface area contributed by atoms with Gasteiger partial charge in [0.1, 0.15) is 23.3 Å². The summed E-state index contributed by atoms with van der Waals surface area (Å²) in [5.74, 6) is -1.13. The van der Waals surface area contributed by atoms with Gasteiger partial charge in [0.2, 0.25) is 0 Å². The number of methoxy groups -OCH3 is 1. The minimum atomic E-state index is -0.962. The average Bonchev–Trinajstić information content (AvgIpc) is 3.55. The fourth-order valence-electron chi connectivity index (χ4n) is 4.71. The van der Waals surface area contributed by atoms with E-state index in [0.29, 0.717) is 22.8 Å². The maximum Gasteiger partial charge on any atom is 0.300 e. The fourth-order valence-corrected chi connectivity index (χ4v) is 4.71. The third-order valence-electron chi connectivity index (χ3n) is 6.79. The number of hydrogen-bond donors (Lipinski definition) is 2. The summed E-state index contributed by atoms with van der Waals surface area (Å²) in [4.78, 5) is 28.3. The predicted molar refractivity (Wildman–Crippen MR) is 151 cm³/mol. The second-order valence-corrected chi connectivity index (χ2v) is 10.4. The van der Waals surface area contributed by atoms with Crippen molar-refractivity contribution in [2.75, 3.05) is 17.3 Å². The number of amides is 1. The smallest absolute Gasteiger partial charge is 0.300 e. The van der Waals surface area contributed by atoms with Crippen LogP contribution in [0.3, 0.4) is 0 Å². The van der Waals surface area contributed by atoms with Crippen molar-refractivity contribution in [2.45, 2.75) is 32.2 Å². The molecule has 0 bridgehead atoms. The lowest BCUT2D eigenvalue weighted by Crippen LogP contribution is -2.29. The lowest BCUT2D eigenvalue weighted by Gasteiger charge is -2.24. The van der Waals surface area contributed by atoms with Crippen molar-refractivity contribution in [1.82, 2.24) is 0 Å². The fraction of sp³-hybridized carbons (Fsp3) is 0.188. The van der Waals surface area contributed by atoms with Crippen LogP contribution in [0.2, 0.25) is 0 Å². The molecule has 2 N–H and O–H groups in total. The molecule has 0 saturated carbocycles.